The van der Waals surface area contributed by atoms with Gasteiger partial charge < -0.3 is 10.2 Å². The summed E-state index contributed by atoms with van der Waals surface area (Å²) in [6.45, 7) is 9.98. The van der Waals surface area contributed by atoms with Crippen molar-refractivity contribution >= 4 is 5.91 Å². The zero-order valence-corrected chi connectivity index (χ0v) is 11.2. The molecule has 0 saturated carbocycles. The van der Waals surface area contributed by atoms with Crippen LogP contribution < -0.4 is 5.32 Å². The number of rotatable bonds is 10. The lowest BCUT2D eigenvalue weighted by Crippen LogP contribution is -2.30. The minimum absolute atomic E-state index is 0.222. The largest absolute Gasteiger partial charge is 0.343 e. The van der Waals surface area contributed by atoms with Gasteiger partial charge in [0.15, 0.2) is 0 Å². The summed E-state index contributed by atoms with van der Waals surface area (Å²) in [6, 6.07) is 0. The normalized spacial score (nSPS) is 10.4. The molecule has 0 radical (unpaired) electrons. The fourth-order valence-corrected chi connectivity index (χ4v) is 1.68. The molecule has 16 heavy (non-hydrogen) atoms. The quantitative estimate of drug-likeness (QED) is 0.582. The number of nitrogens with zero attached hydrogens (tertiary/aromatic N) is 1. The second kappa shape index (κ2) is 10.9. The van der Waals surface area contributed by atoms with Crippen molar-refractivity contribution in [1.29, 1.82) is 0 Å². The van der Waals surface area contributed by atoms with Gasteiger partial charge in [0, 0.05) is 20.0 Å². The van der Waals surface area contributed by atoms with Crippen LogP contribution in [0.4, 0.5) is 0 Å². The van der Waals surface area contributed by atoms with Gasteiger partial charge >= 0.3 is 0 Å². The van der Waals surface area contributed by atoms with E-state index in [1.807, 2.05) is 4.90 Å². The van der Waals surface area contributed by atoms with E-state index in [2.05, 4.69) is 19.2 Å². The highest BCUT2D eigenvalue weighted by Gasteiger charge is 2.06. The molecule has 0 aromatic heterocycles. The fourth-order valence-electron chi connectivity index (χ4n) is 1.68. The molecule has 0 unspecified atom stereocenters. The van der Waals surface area contributed by atoms with Crippen LogP contribution in [0.2, 0.25) is 0 Å². The van der Waals surface area contributed by atoms with Crippen LogP contribution in [0.3, 0.4) is 0 Å². The predicted octanol–water partition coefficient (Wildman–Crippen LogP) is 2.41. The maximum absolute atomic E-state index is 11.3. The minimum Gasteiger partial charge on any atom is -0.343 e. The van der Waals surface area contributed by atoms with E-state index in [-0.39, 0.29) is 5.91 Å². The summed E-state index contributed by atoms with van der Waals surface area (Å²) in [6.07, 6.45) is 5.84. The molecule has 0 aliphatic heterocycles. The lowest BCUT2D eigenvalue weighted by atomic mass is 10.2. The first-order valence-corrected chi connectivity index (χ1v) is 6.68. The molecule has 1 amide bonds. The van der Waals surface area contributed by atoms with Gasteiger partial charge in [-0.2, -0.15) is 0 Å². The van der Waals surface area contributed by atoms with Crippen LogP contribution in [-0.4, -0.2) is 37.0 Å². The van der Waals surface area contributed by atoms with Gasteiger partial charge in [0.05, 0.1) is 0 Å². The molecule has 0 fully saturated rings. The molecule has 0 saturated heterocycles. The van der Waals surface area contributed by atoms with Crippen LogP contribution in [0.5, 0.6) is 0 Å². The summed E-state index contributed by atoms with van der Waals surface area (Å²) < 4.78 is 0. The Balaban J connectivity index is 3.48. The molecule has 0 spiro atoms. The average Bonchev–Trinajstić information content (AvgIpc) is 2.26. The van der Waals surface area contributed by atoms with Gasteiger partial charge in [-0.25, -0.2) is 0 Å². The van der Waals surface area contributed by atoms with Crippen molar-refractivity contribution in [1.82, 2.24) is 10.2 Å². The Hall–Kier alpha value is -0.570. The van der Waals surface area contributed by atoms with E-state index in [0.29, 0.717) is 0 Å². The zero-order valence-electron chi connectivity index (χ0n) is 11.2. The van der Waals surface area contributed by atoms with Crippen LogP contribution in [0.1, 0.15) is 52.9 Å². The van der Waals surface area contributed by atoms with Crippen molar-refractivity contribution in [2.24, 2.45) is 0 Å². The first kappa shape index (κ1) is 15.4. The Labute approximate surface area is 101 Å². The Bertz CT molecular complexity index is 171. The van der Waals surface area contributed by atoms with E-state index in [9.17, 15) is 4.79 Å². The molecule has 0 atom stereocenters. The predicted molar refractivity (Wildman–Crippen MR) is 69.6 cm³/mol. The molecular weight excluding hydrogens is 200 g/mol. The molecule has 0 aliphatic carbocycles. The lowest BCUT2D eigenvalue weighted by molar-refractivity contribution is -0.129. The number of unbranched alkanes of at least 4 members (excludes halogenated alkanes) is 3. The molecule has 0 aromatic rings. The number of carbonyl (C=O) groups is 1. The van der Waals surface area contributed by atoms with Crippen molar-refractivity contribution in [3.8, 4) is 0 Å². The molecule has 0 rings (SSSR count). The van der Waals surface area contributed by atoms with E-state index in [0.717, 1.165) is 45.4 Å². The van der Waals surface area contributed by atoms with Crippen LogP contribution >= 0.6 is 0 Å². The Kier molecular flexibility index (Phi) is 10.5. The molecular formula is C13H28N2O. The number of carbonyl (C=O) groups excluding carboxylic acids is 1. The third-order valence-corrected chi connectivity index (χ3v) is 2.76. The van der Waals surface area contributed by atoms with E-state index >= 15 is 0 Å². The molecule has 96 valence electrons. The molecule has 3 heteroatoms. The first-order chi connectivity index (χ1) is 7.72. The minimum atomic E-state index is 0.222. The number of hydrogen-bond donors (Lipinski definition) is 1. The van der Waals surface area contributed by atoms with Gasteiger partial charge in [0.25, 0.3) is 0 Å². The number of hydrogen-bond acceptors (Lipinski definition) is 2. The highest BCUT2D eigenvalue weighted by atomic mass is 16.2. The molecule has 0 aliphatic rings. The molecule has 0 heterocycles. The number of nitrogens with one attached hydrogen (secondary N) is 1. The maximum atomic E-state index is 11.3. The number of amides is 1. The average molecular weight is 228 g/mol. The third kappa shape index (κ3) is 8.72. The van der Waals surface area contributed by atoms with Gasteiger partial charge in [-0.05, 0) is 32.4 Å². The summed E-state index contributed by atoms with van der Waals surface area (Å²) in [4.78, 5) is 13.3. The molecule has 0 aromatic carbocycles. The molecule has 0 bridgehead atoms. The van der Waals surface area contributed by atoms with Crippen molar-refractivity contribution in [3.63, 3.8) is 0 Å². The van der Waals surface area contributed by atoms with Gasteiger partial charge in [-0.15, -0.1) is 0 Å². The molecule has 1 N–H and O–H groups in total. The summed E-state index contributed by atoms with van der Waals surface area (Å²) in [5.41, 5.74) is 0. The van der Waals surface area contributed by atoms with Crippen molar-refractivity contribution in [3.05, 3.63) is 0 Å². The Morgan fingerprint density at radius 2 is 1.75 bits per heavy atom. The van der Waals surface area contributed by atoms with E-state index in [1.54, 1.807) is 6.92 Å². The topological polar surface area (TPSA) is 32.3 Å². The zero-order chi connectivity index (χ0) is 12.2. The molecule has 3 nitrogen and oxygen atoms in total. The van der Waals surface area contributed by atoms with E-state index in [1.165, 1.54) is 12.8 Å². The van der Waals surface area contributed by atoms with Gasteiger partial charge in [-0.3, -0.25) is 4.79 Å². The summed E-state index contributed by atoms with van der Waals surface area (Å²) in [5.74, 6) is 0.222. The van der Waals surface area contributed by atoms with Gasteiger partial charge in [0.2, 0.25) is 5.91 Å². The highest BCUT2D eigenvalue weighted by Crippen LogP contribution is 2.01. The fraction of sp³-hybridized carbons (Fsp3) is 0.923. The smallest absolute Gasteiger partial charge is 0.219 e. The van der Waals surface area contributed by atoms with E-state index < -0.39 is 0 Å². The summed E-state index contributed by atoms with van der Waals surface area (Å²) in [5, 5.41) is 3.31. The monoisotopic (exact) mass is 228 g/mol. The second-order valence-electron chi connectivity index (χ2n) is 4.27. The third-order valence-electron chi connectivity index (χ3n) is 2.76. The van der Waals surface area contributed by atoms with Crippen molar-refractivity contribution in [2.45, 2.75) is 52.9 Å². The summed E-state index contributed by atoms with van der Waals surface area (Å²) >= 11 is 0. The van der Waals surface area contributed by atoms with Gasteiger partial charge in [0.1, 0.15) is 0 Å². The van der Waals surface area contributed by atoms with Crippen molar-refractivity contribution in [2.75, 3.05) is 26.2 Å². The Morgan fingerprint density at radius 3 is 2.31 bits per heavy atom. The second-order valence-corrected chi connectivity index (χ2v) is 4.27. The first-order valence-electron chi connectivity index (χ1n) is 6.68. The SMILES string of the molecule is CCCCN(CCCCCNCC)C(C)=O. The lowest BCUT2D eigenvalue weighted by Gasteiger charge is -2.20. The Morgan fingerprint density at radius 1 is 1.06 bits per heavy atom. The van der Waals surface area contributed by atoms with Crippen LogP contribution in [0, 0.1) is 0 Å². The van der Waals surface area contributed by atoms with Crippen LogP contribution in [0.25, 0.3) is 0 Å². The van der Waals surface area contributed by atoms with E-state index in [4.69, 9.17) is 0 Å². The summed E-state index contributed by atoms with van der Waals surface area (Å²) in [7, 11) is 0. The van der Waals surface area contributed by atoms with Crippen molar-refractivity contribution < 1.29 is 4.79 Å². The maximum Gasteiger partial charge on any atom is 0.219 e. The standard InChI is InChI=1S/C13H28N2O/c1-4-6-11-15(13(3)16)12-9-7-8-10-14-5-2/h14H,4-12H2,1-3H3. The highest BCUT2D eigenvalue weighted by molar-refractivity contribution is 5.73. The van der Waals surface area contributed by atoms with Crippen LogP contribution in [0.15, 0.2) is 0 Å². The van der Waals surface area contributed by atoms with Crippen LogP contribution in [-0.2, 0) is 4.79 Å². The van der Waals surface area contributed by atoms with Gasteiger partial charge in [-0.1, -0.05) is 26.7 Å².